The van der Waals surface area contributed by atoms with Crippen molar-refractivity contribution in [3.63, 3.8) is 0 Å². The van der Waals surface area contributed by atoms with Crippen LogP contribution in [0.1, 0.15) is 15.9 Å². The maximum atomic E-state index is 13.2. The van der Waals surface area contributed by atoms with Crippen LogP contribution in [0.4, 0.5) is 5.69 Å². The Hall–Kier alpha value is -4.00. The maximum absolute atomic E-state index is 13.2. The van der Waals surface area contributed by atoms with Gasteiger partial charge in [0.1, 0.15) is 17.6 Å². The second kappa shape index (κ2) is 7.55. The fourth-order valence-corrected chi connectivity index (χ4v) is 3.22. The van der Waals surface area contributed by atoms with E-state index in [0.717, 1.165) is 0 Å². The van der Waals surface area contributed by atoms with Gasteiger partial charge in [0.25, 0.3) is 11.5 Å². The van der Waals surface area contributed by atoms with Crippen LogP contribution < -0.4 is 15.6 Å². The zero-order valence-corrected chi connectivity index (χ0v) is 15.9. The molecule has 0 spiro atoms. The average Bonchev–Trinajstić information content (AvgIpc) is 2.74. The van der Waals surface area contributed by atoms with Crippen molar-refractivity contribution in [3.8, 4) is 11.4 Å². The molecule has 2 heterocycles. The molecule has 0 aliphatic heterocycles. The number of carbonyl (C=O) groups excluding carboxylic acids is 1. The first-order chi connectivity index (χ1) is 14.1. The molecule has 0 atom stereocenters. The SMILES string of the molecule is COc1ccccc1-n1ccc(C)c(C(=O)Nc2cccc3ncncc23)c1=O. The van der Waals surface area contributed by atoms with Gasteiger partial charge in [-0.25, -0.2) is 9.97 Å². The van der Waals surface area contributed by atoms with Crippen molar-refractivity contribution in [1.29, 1.82) is 0 Å². The number of amides is 1. The minimum Gasteiger partial charge on any atom is -0.495 e. The van der Waals surface area contributed by atoms with Gasteiger partial charge in [0.15, 0.2) is 0 Å². The Labute approximate surface area is 166 Å². The second-order valence-electron chi connectivity index (χ2n) is 6.44. The number of pyridine rings is 1. The summed E-state index contributed by atoms with van der Waals surface area (Å²) < 4.78 is 6.76. The van der Waals surface area contributed by atoms with Crippen LogP contribution in [0.15, 0.2) is 72.0 Å². The Bertz CT molecular complexity index is 1280. The van der Waals surface area contributed by atoms with Crippen molar-refractivity contribution >= 4 is 22.5 Å². The van der Waals surface area contributed by atoms with E-state index in [4.69, 9.17) is 4.74 Å². The Kier molecular flexibility index (Phi) is 4.78. The molecule has 144 valence electrons. The zero-order chi connectivity index (χ0) is 20.4. The van der Waals surface area contributed by atoms with E-state index in [0.29, 0.717) is 33.6 Å². The third-order valence-electron chi connectivity index (χ3n) is 4.67. The van der Waals surface area contributed by atoms with Crippen molar-refractivity contribution in [2.75, 3.05) is 12.4 Å². The lowest BCUT2D eigenvalue weighted by Crippen LogP contribution is -2.29. The minimum absolute atomic E-state index is 0.0623. The maximum Gasteiger partial charge on any atom is 0.268 e. The van der Waals surface area contributed by atoms with Crippen LogP contribution in [0.25, 0.3) is 16.6 Å². The molecule has 4 rings (SSSR count). The number of hydrogen-bond acceptors (Lipinski definition) is 5. The molecule has 1 N–H and O–H groups in total. The van der Waals surface area contributed by atoms with E-state index >= 15 is 0 Å². The van der Waals surface area contributed by atoms with Gasteiger partial charge >= 0.3 is 0 Å². The number of carbonyl (C=O) groups is 1. The van der Waals surface area contributed by atoms with Gasteiger partial charge in [-0.15, -0.1) is 0 Å². The monoisotopic (exact) mass is 386 g/mol. The van der Waals surface area contributed by atoms with E-state index in [9.17, 15) is 9.59 Å². The van der Waals surface area contributed by atoms with Gasteiger partial charge in [-0.05, 0) is 42.8 Å². The topological polar surface area (TPSA) is 86.1 Å². The number of rotatable bonds is 4. The van der Waals surface area contributed by atoms with Crippen LogP contribution in [-0.4, -0.2) is 27.6 Å². The molecule has 0 unspecified atom stereocenters. The summed E-state index contributed by atoms with van der Waals surface area (Å²) in [5, 5.41) is 3.52. The lowest BCUT2D eigenvalue weighted by atomic mass is 10.1. The molecule has 7 heteroatoms. The van der Waals surface area contributed by atoms with Crippen LogP contribution in [0.3, 0.4) is 0 Å². The number of benzene rings is 2. The van der Waals surface area contributed by atoms with Gasteiger partial charge in [-0.2, -0.15) is 0 Å². The van der Waals surface area contributed by atoms with Crippen molar-refractivity contribution in [1.82, 2.24) is 14.5 Å². The van der Waals surface area contributed by atoms with Crippen molar-refractivity contribution < 1.29 is 9.53 Å². The van der Waals surface area contributed by atoms with Gasteiger partial charge in [0, 0.05) is 17.8 Å². The number of para-hydroxylation sites is 2. The molecule has 0 aliphatic carbocycles. The summed E-state index contributed by atoms with van der Waals surface area (Å²) in [5.41, 5.74) is 2.02. The average molecular weight is 386 g/mol. The van der Waals surface area contributed by atoms with E-state index in [-0.39, 0.29) is 5.56 Å². The van der Waals surface area contributed by atoms with Gasteiger partial charge < -0.3 is 10.1 Å². The molecular formula is C22H18N4O3. The standard InChI is InChI=1S/C22H18N4O3/c1-14-10-11-26(18-8-3-4-9-19(18)29-2)22(28)20(14)21(27)25-17-7-5-6-16-15(17)12-23-13-24-16/h3-13H,1-2H3,(H,25,27). The third kappa shape index (κ3) is 3.34. The first-order valence-electron chi connectivity index (χ1n) is 8.96. The summed E-state index contributed by atoms with van der Waals surface area (Å²) in [6.07, 6.45) is 4.71. The molecule has 0 saturated heterocycles. The summed E-state index contributed by atoms with van der Waals surface area (Å²) in [4.78, 5) is 34.4. The largest absolute Gasteiger partial charge is 0.495 e. The highest BCUT2D eigenvalue weighted by atomic mass is 16.5. The molecule has 29 heavy (non-hydrogen) atoms. The van der Waals surface area contributed by atoms with Crippen LogP contribution in [0, 0.1) is 6.92 Å². The van der Waals surface area contributed by atoms with E-state index < -0.39 is 11.5 Å². The predicted molar refractivity (Wildman–Crippen MR) is 111 cm³/mol. The van der Waals surface area contributed by atoms with Gasteiger partial charge in [0.2, 0.25) is 0 Å². The first kappa shape index (κ1) is 18.4. The second-order valence-corrected chi connectivity index (χ2v) is 6.44. The Morgan fingerprint density at radius 2 is 1.93 bits per heavy atom. The summed E-state index contributed by atoms with van der Waals surface area (Å²) in [5.74, 6) is 0.0455. The Morgan fingerprint density at radius 3 is 2.76 bits per heavy atom. The van der Waals surface area contributed by atoms with E-state index in [1.165, 1.54) is 18.0 Å². The number of nitrogens with one attached hydrogen (secondary N) is 1. The summed E-state index contributed by atoms with van der Waals surface area (Å²) in [6, 6.07) is 14.2. The first-order valence-corrected chi connectivity index (χ1v) is 8.96. The molecular weight excluding hydrogens is 368 g/mol. The quantitative estimate of drug-likeness (QED) is 0.581. The number of aryl methyl sites for hydroxylation is 1. The van der Waals surface area contributed by atoms with Crippen LogP contribution in [0.5, 0.6) is 5.75 Å². The van der Waals surface area contributed by atoms with Gasteiger partial charge in [0.05, 0.1) is 24.0 Å². The van der Waals surface area contributed by atoms with Crippen molar-refractivity contribution in [2.45, 2.75) is 6.92 Å². The zero-order valence-electron chi connectivity index (χ0n) is 15.9. The molecule has 0 bridgehead atoms. The smallest absolute Gasteiger partial charge is 0.268 e. The summed E-state index contributed by atoms with van der Waals surface area (Å²) in [7, 11) is 1.54. The number of fused-ring (bicyclic) bond motifs is 1. The van der Waals surface area contributed by atoms with Crippen LogP contribution in [-0.2, 0) is 0 Å². The van der Waals surface area contributed by atoms with Crippen molar-refractivity contribution in [2.24, 2.45) is 0 Å². The van der Waals surface area contributed by atoms with Crippen molar-refractivity contribution in [3.05, 3.63) is 88.7 Å². The third-order valence-corrected chi connectivity index (χ3v) is 4.67. The predicted octanol–water partition coefficient (Wildman–Crippen LogP) is 3.35. The highest BCUT2D eigenvalue weighted by molar-refractivity contribution is 6.09. The lowest BCUT2D eigenvalue weighted by Gasteiger charge is -2.14. The Morgan fingerprint density at radius 1 is 1.10 bits per heavy atom. The lowest BCUT2D eigenvalue weighted by molar-refractivity contribution is 0.102. The summed E-state index contributed by atoms with van der Waals surface area (Å²) in [6.45, 7) is 1.73. The number of methoxy groups -OCH3 is 1. The molecule has 4 aromatic rings. The molecule has 0 saturated carbocycles. The molecule has 2 aromatic heterocycles. The normalized spacial score (nSPS) is 10.7. The van der Waals surface area contributed by atoms with Gasteiger partial charge in [-0.3, -0.25) is 14.2 Å². The minimum atomic E-state index is -0.492. The number of anilines is 1. The molecule has 0 aliphatic rings. The highest BCUT2D eigenvalue weighted by Gasteiger charge is 2.18. The molecule has 1 amide bonds. The van der Waals surface area contributed by atoms with Crippen LogP contribution in [0.2, 0.25) is 0 Å². The van der Waals surface area contributed by atoms with Gasteiger partial charge in [-0.1, -0.05) is 18.2 Å². The number of ether oxygens (including phenoxy) is 1. The fourth-order valence-electron chi connectivity index (χ4n) is 3.22. The van der Waals surface area contributed by atoms with E-state index in [2.05, 4.69) is 15.3 Å². The van der Waals surface area contributed by atoms with E-state index in [1.54, 1.807) is 55.7 Å². The fraction of sp³-hybridized carbons (Fsp3) is 0.0909. The molecule has 7 nitrogen and oxygen atoms in total. The molecule has 0 radical (unpaired) electrons. The Balaban J connectivity index is 1.79. The van der Waals surface area contributed by atoms with Crippen LogP contribution >= 0.6 is 0 Å². The highest BCUT2D eigenvalue weighted by Crippen LogP contribution is 2.23. The number of hydrogen-bond donors (Lipinski definition) is 1. The number of nitrogens with zero attached hydrogens (tertiary/aromatic N) is 3. The molecule has 0 fully saturated rings. The van der Waals surface area contributed by atoms with E-state index in [1.807, 2.05) is 12.1 Å². The number of aromatic nitrogens is 3. The summed E-state index contributed by atoms with van der Waals surface area (Å²) >= 11 is 0. The molecule has 2 aromatic carbocycles.